The van der Waals surface area contributed by atoms with E-state index in [1.54, 1.807) is 18.5 Å². The van der Waals surface area contributed by atoms with Gasteiger partial charge in [-0.05, 0) is 13.0 Å². The number of nitrogens with zero attached hydrogens (tertiary/aromatic N) is 1. The highest BCUT2D eigenvalue weighted by Gasteiger charge is 2.12. The van der Waals surface area contributed by atoms with Crippen molar-refractivity contribution in [3.8, 4) is 11.3 Å². The summed E-state index contributed by atoms with van der Waals surface area (Å²) in [7, 11) is 0. The van der Waals surface area contributed by atoms with E-state index in [1.165, 1.54) is 6.07 Å². The molecule has 92 valence electrons. The van der Waals surface area contributed by atoms with E-state index in [2.05, 4.69) is 15.0 Å². The third-order valence-electron chi connectivity index (χ3n) is 2.98. The van der Waals surface area contributed by atoms with Crippen LogP contribution in [0, 0.1) is 5.82 Å². The van der Waals surface area contributed by atoms with E-state index in [0.717, 1.165) is 22.5 Å². The monoisotopic (exact) mass is 244 g/mol. The standard InChI is InChI=1S/C13H13FN4/c1-7(15)13-17-6-11(18-13)9-5-16-12-8(9)3-2-4-10(12)14/h2-7,16H,15H2,1H3,(H,17,18)/t7-/m0/s1. The van der Waals surface area contributed by atoms with Gasteiger partial charge in [0.05, 0.1) is 23.4 Å². The Hall–Kier alpha value is -2.14. The van der Waals surface area contributed by atoms with E-state index in [9.17, 15) is 4.39 Å². The zero-order chi connectivity index (χ0) is 12.7. The average Bonchev–Trinajstić information content (AvgIpc) is 2.94. The number of nitrogens with two attached hydrogens (primary N) is 1. The molecule has 0 fully saturated rings. The van der Waals surface area contributed by atoms with E-state index in [1.807, 2.05) is 13.0 Å². The van der Waals surface area contributed by atoms with Gasteiger partial charge in [-0.15, -0.1) is 0 Å². The largest absolute Gasteiger partial charge is 0.358 e. The number of fused-ring (bicyclic) bond motifs is 1. The van der Waals surface area contributed by atoms with Crippen LogP contribution in [0.2, 0.25) is 0 Å². The van der Waals surface area contributed by atoms with Crippen LogP contribution in [0.4, 0.5) is 4.39 Å². The van der Waals surface area contributed by atoms with Gasteiger partial charge in [-0.2, -0.15) is 0 Å². The predicted molar refractivity (Wildman–Crippen MR) is 68.4 cm³/mol. The first-order chi connectivity index (χ1) is 8.66. The molecule has 4 nitrogen and oxygen atoms in total. The highest BCUT2D eigenvalue weighted by Crippen LogP contribution is 2.28. The summed E-state index contributed by atoms with van der Waals surface area (Å²) in [6.07, 6.45) is 3.48. The fourth-order valence-corrected chi connectivity index (χ4v) is 2.05. The topological polar surface area (TPSA) is 70.5 Å². The molecule has 0 saturated heterocycles. The van der Waals surface area contributed by atoms with Gasteiger partial charge in [0.25, 0.3) is 0 Å². The Morgan fingerprint density at radius 2 is 2.22 bits per heavy atom. The minimum Gasteiger partial charge on any atom is -0.358 e. The molecule has 2 aromatic heterocycles. The van der Waals surface area contributed by atoms with Crippen molar-refractivity contribution in [2.45, 2.75) is 13.0 Å². The van der Waals surface area contributed by atoms with Gasteiger partial charge in [0, 0.05) is 17.1 Å². The number of para-hydroxylation sites is 1. The molecule has 0 unspecified atom stereocenters. The van der Waals surface area contributed by atoms with Crippen LogP contribution in [-0.2, 0) is 0 Å². The van der Waals surface area contributed by atoms with Crippen molar-refractivity contribution >= 4 is 10.9 Å². The molecule has 0 aliphatic carbocycles. The van der Waals surface area contributed by atoms with Crippen molar-refractivity contribution in [3.05, 3.63) is 42.2 Å². The fourth-order valence-electron chi connectivity index (χ4n) is 2.05. The maximum absolute atomic E-state index is 13.6. The van der Waals surface area contributed by atoms with Gasteiger partial charge < -0.3 is 15.7 Å². The zero-order valence-corrected chi connectivity index (χ0v) is 9.87. The maximum atomic E-state index is 13.6. The molecule has 0 saturated carbocycles. The molecule has 3 rings (SSSR count). The first kappa shape index (κ1) is 11.0. The lowest BCUT2D eigenvalue weighted by molar-refractivity contribution is 0.637. The average molecular weight is 244 g/mol. The maximum Gasteiger partial charge on any atom is 0.147 e. The van der Waals surface area contributed by atoms with Crippen LogP contribution in [0.15, 0.2) is 30.6 Å². The zero-order valence-electron chi connectivity index (χ0n) is 9.87. The summed E-state index contributed by atoms with van der Waals surface area (Å²) in [5.41, 5.74) is 7.98. The van der Waals surface area contributed by atoms with Crippen molar-refractivity contribution in [2.75, 3.05) is 0 Å². The summed E-state index contributed by atoms with van der Waals surface area (Å²) in [6.45, 7) is 1.86. The fraction of sp³-hybridized carbons (Fsp3) is 0.154. The van der Waals surface area contributed by atoms with Gasteiger partial charge in [-0.25, -0.2) is 9.37 Å². The lowest BCUT2D eigenvalue weighted by Gasteiger charge is -1.99. The number of aromatic amines is 2. The Bertz CT molecular complexity index is 696. The molecule has 0 amide bonds. The van der Waals surface area contributed by atoms with Gasteiger partial charge in [0.15, 0.2) is 0 Å². The number of imidazole rings is 1. The Morgan fingerprint density at radius 3 is 2.94 bits per heavy atom. The molecule has 0 bridgehead atoms. The molecule has 0 radical (unpaired) electrons. The molecule has 0 aliphatic rings. The quantitative estimate of drug-likeness (QED) is 0.648. The van der Waals surface area contributed by atoms with Crippen LogP contribution < -0.4 is 5.73 Å². The Labute approximate surface area is 103 Å². The molecule has 4 N–H and O–H groups in total. The summed E-state index contributed by atoms with van der Waals surface area (Å²) in [5.74, 6) is 0.460. The van der Waals surface area contributed by atoms with E-state index < -0.39 is 0 Å². The SMILES string of the molecule is C[C@H](N)c1ncc(-c2c[nH]c3c(F)cccc23)[nH]1. The molecule has 5 heteroatoms. The van der Waals surface area contributed by atoms with Gasteiger partial charge in [0.1, 0.15) is 11.6 Å². The van der Waals surface area contributed by atoms with Crippen molar-refractivity contribution in [3.63, 3.8) is 0 Å². The van der Waals surface area contributed by atoms with Crippen LogP contribution in [-0.4, -0.2) is 15.0 Å². The first-order valence-electron chi connectivity index (χ1n) is 5.73. The lowest BCUT2D eigenvalue weighted by atomic mass is 10.1. The molecule has 3 aromatic rings. The number of hydrogen-bond donors (Lipinski definition) is 3. The van der Waals surface area contributed by atoms with Crippen molar-refractivity contribution < 1.29 is 4.39 Å². The second-order valence-electron chi connectivity index (χ2n) is 4.34. The third kappa shape index (κ3) is 1.60. The summed E-state index contributed by atoms with van der Waals surface area (Å²) in [4.78, 5) is 10.3. The van der Waals surface area contributed by atoms with E-state index in [4.69, 9.17) is 5.73 Å². The number of halogens is 1. The molecule has 1 atom stereocenters. The molecule has 0 aliphatic heterocycles. The first-order valence-corrected chi connectivity index (χ1v) is 5.73. The highest BCUT2D eigenvalue weighted by molar-refractivity contribution is 5.94. The van der Waals surface area contributed by atoms with Gasteiger partial charge >= 0.3 is 0 Å². The Kier molecular flexibility index (Phi) is 2.41. The Morgan fingerprint density at radius 1 is 1.39 bits per heavy atom. The van der Waals surface area contributed by atoms with Crippen molar-refractivity contribution in [2.24, 2.45) is 5.73 Å². The molecule has 18 heavy (non-hydrogen) atoms. The minimum atomic E-state index is -0.259. The van der Waals surface area contributed by atoms with Gasteiger partial charge in [-0.1, -0.05) is 12.1 Å². The molecule has 0 spiro atoms. The second kappa shape index (κ2) is 3.96. The van der Waals surface area contributed by atoms with Crippen LogP contribution in [0.25, 0.3) is 22.2 Å². The summed E-state index contributed by atoms with van der Waals surface area (Å²) < 4.78 is 13.6. The smallest absolute Gasteiger partial charge is 0.147 e. The molecular formula is C13H13FN4. The van der Waals surface area contributed by atoms with E-state index in [-0.39, 0.29) is 11.9 Å². The number of rotatable bonds is 2. The number of H-pyrrole nitrogens is 2. The summed E-state index contributed by atoms with van der Waals surface area (Å²) in [5, 5.41) is 0.829. The predicted octanol–water partition coefficient (Wildman–Crippen LogP) is 2.72. The van der Waals surface area contributed by atoms with Gasteiger partial charge in [-0.3, -0.25) is 0 Å². The number of aromatic nitrogens is 3. The van der Waals surface area contributed by atoms with Crippen LogP contribution in [0.5, 0.6) is 0 Å². The van der Waals surface area contributed by atoms with E-state index >= 15 is 0 Å². The summed E-state index contributed by atoms with van der Waals surface area (Å²) >= 11 is 0. The lowest BCUT2D eigenvalue weighted by Crippen LogP contribution is -2.06. The second-order valence-corrected chi connectivity index (χ2v) is 4.34. The third-order valence-corrected chi connectivity index (χ3v) is 2.98. The summed E-state index contributed by atoms with van der Waals surface area (Å²) in [6, 6.07) is 4.85. The van der Waals surface area contributed by atoms with Crippen LogP contribution >= 0.6 is 0 Å². The molecule has 2 heterocycles. The number of nitrogens with one attached hydrogen (secondary N) is 2. The van der Waals surface area contributed by atoms with E-state index in [0.29, 0.717) is 5.52 Å². The molecule has 1 aromatic carbocycles. The molecular weight excluding hydrogens is 231 g/mol. The highest BCUT2D eigenvalue weighted by atomic mass is 19.1. The normalized spacial score (nSPS) is 13.1. The van der Waals surface area contributed by atoms with Gasteiger partial charge in [0.2, 0.25) is 0 Å². The van der Waals surface area contributed by atoms with Crippen LogP contribution in [0.1, 0.15) is 18.8 Å². The van der Waals surface area contributed by atoms with Crippen molar-refractivity contribution in [1.29, 1.82) is 0 Å². The van der Waals surface area contributed by atoms with Crippen LogP contribution in [0.3, 0.4) is 0 Å². The minimum absolute atomic E-state index is 0.152. The number of hydrogen-bond acceptors (Lipinski definition) is 2. The Balaban J connectivity index is 2.16. The number of benzene rings is 1. The van der Waals surface area contributed by atoms with Crippen molar-refractivity contribution in [1.82, 2.24) is 15.0 Å².